The van der Waals surface area contributed by atoms with E-state index in [0.29, 0.717) is 18.9 Å². The fourth-order valence-electron chi connectivity index (χ4n) is 1.62. The summed E-state index contributed by atoms with van der Waals surface area (Å²) in [7, 11) is 0. The van der Waals surface area contributed by atoms with Crippen LogP contribution in [0.4, 0.5) is 0 Å². The fraction of sp³-hybridized carbons (Fsp3) is 0.818. The molecule has 5 heteroatoms. The minimum atomic E-state index is -0.146. The van der Waals surface area contributed by atoms with Crippen molar-refractivity contribution in [3.05, 3.63) is 0 Å². The Labute approximate surface area is 96.1 Å². The maximum atomic E-state index is 11.5. The van der Waals surface area contributed by atoms with E-state index in [1.165, 1.54) is 0 Å². The lowest BCUT2D eigenvalue weighted by Gasteiger charge is -2.16. The quantitative estimate of drug-likeness (QED) is 0.561. The highest BCUT2D eigenvalue weighted by atomic mass is 16.2. The lowest BCUT2D eigenvalue weighted by Crippen LogP contribution is -2.46. The van der Waals surface area contributed by atoms with Crippen molar-refractivity contribution in [2.75, 3.05) is 13.1 Å². The van der Waals surface area contributed by atoms with E-state index in [-0.39, 0.29) is 24.4 Å². The summed E-state index contributed by atoms with van der Waals surface area (Å²) >= 11 is 0. The first kappa shape index (κ1) is 13.0. The molecular formula is C11H21N3O2. The highest BCUT2D eigenvalue weighted by molar-refractivity contribution is 5.84. The Kier molecular flexibility index (Phi) is 5.25. The zero-order valence-electron chi connectivity index (χ0n) is 9.79. The van der Waals surface area contributed by atoms with E-state index < -0.39 is 0 Å². The molecule has 1 atom stereocenters. The van der Waals surface area contributed by atoms with Gasteiger partial charge in [-0.15, -0.1) is 0 Å². The van der Waals surface area contributed by atoms with Crippen LogP contribution in [0.2, 0.25) is 0 Å². The second kappa shape index (κ2) is 6.48. The monoisotopic (exact) mass is 227 g/mol. The number of carbonyl (C=O) groups is 2. The van der Waals surface area contributed by atoms with Crippen LogP contribution in [0.3, 0.4) is 0 Å². The minimum Gasteiger partial charge on any atom is -0.350 e. The smallest absolute Gasteiger partial charge is 0.239 e. The van der Waals surface area contributed by atoms with Gasteiger partial charge in [-0.3, -0.25) is 9.59 Å². The molecule has 0 aromatic heterocycles. The maximum absolute atomic E-state index is 11.5. The van der Waals surface area contributed by atoms with Gasteiger partial charge in [0.2, 0.25) is 11.8 Å². The first-order chi connectivity index (χ1) is 7.67. The number of carbonyl (C=O) groups excluding carboxylic acids is 2. The topological polar surface area (TPSA) is 84.2 Å². The van der Waals surface area contributed by atoms with Crippen LogP contribution in [-0.2, 0) is 9.59 Å². The van der Waals surface area contributed by atoms with Gasteiger partial charge < -0.3 is 16.4 Å². The van der Waals surface area contributed by atoms with Crippen LogP contribution in [0.1, 0.15) is 32.6 Å². The van der Waals surface area contributed by atoms with Gasteiger partial charge >= 0.3 is 0 Å². The summed E-state index contributed by atoms with van der Waals surface area (Å²) in [4.78, 5) is 22.6. The predicted molar refractivity (Wildman–Crippen MR) is 61.6 cm³/mol. The Morgan fingerprint density at radius 1 is 1.38 bits per heavy atom. The van der Waals surface area contributed by atoms with Gasteiger partial charge in [-0.05, 0) is 25.2 Å². The zero-order chi connectivity index (χ0) is 12.0. The third-order valence-electron chi connectivity index (χ3n) is 2.71. The molecule has 0 saturated heterocycles. The Morgan fingerprint density at radius 2 is 2.06 bits per heavy atom. The van der Waals surface area contributed by atoms with Crippen LogP contribution < -0.4 is 16.4 Å². The number of rotatable bonds is 7. The van der Waals surface area contributed by atoms with Crippen molar-refractivity contribution in [3.8, 4) is 0 Å². The summed E-state index contributed by atoms with van der Waals surface area (Å²) in [5.41, 5.74) is 5.56. The van der Waals surface area contributed by atoms with E-state index in [9.17, 15) is 9.59 Å². The normalized spacial score (nSPS) is 16.6. The van der Waals surface area contributed by atoms with Gasteiger partial charge in [-0.2, -0.15) is 0 Å². The Bertz CT molecular complexity index is 252. The van der Waals surface area contributed by atoms with Gasteiger partial charge in [0.15, 0.2) is 0 Å². The van der Waals surface area contributed by atoms with Crippen LogP contribution in [0, 0.1) is 5.92 Å². The van der Waals surface area contributed by atoms with Gasteiger partial charge in [0, 0.05) is 19.0 Å². The Morgan fingerprint density at radius 3 is 2.56 bits per heavy atom. The van der Waals surface area contributed by atoms with Gasteiger partial charge in [-0.1, -0.05) is 6.92 Å². The summed E-state index contributed by atoms with van der Waals surface area (Å²) in [5, 5.41) is 5.43. The van der Waals surface area contributed by atoms with E-state index in [1.807, 2.05) is 6.92 Å². The molecule has 4 N–H and O–H groups in total. The molecular weight excluding hydrogens is 206 g/mol. The molecule has 2 amide bonds. The molecule has 0 aromatic rings. The molecule has 5 nitrogen and oxygen atoms in total. The highest BCUT2D eigenvalue weighted by Crippen LogP contribution is 2.31. The third-order valence-corrected chi connectivity index (χ3v) is 2.71. The van der Waals surface area contributed by atoms with Crippen molar-refractivity contribution in [1.29, 1.82) is 0 Å². The standard InChI is InChI=1S/C11H21N3O2/c1-2-3-10(15)13-7-11(16)14-9(6-12)8-4-5-8/h8-9H,2-7,12H2,1H3,(H,13,15)(H,14,16). The first-order valence-electron chi connectivity index (χ1n) is 5.93. The summed E-state index contributed by atoms with van der Waals surface area (Å²) in [6, 6.07) is 0.0792. The van der Waals surface area contributed by atoms with Crippen LogP contribution >= 0.6 is 0 Å². The number of nitrogens with one attached hydrogen (secondary N) is 2. The van der Waals surface area contributed by atoms with Crippen LogP contribution in [0.5, 0.6) is 0 Å². The lowest BCUT2D eigenvalue weighted by molar-refractivity contribution is -0.126. The molecule has 16 heavy (non-hydrogen) atoms. The maximum Gasteiger partial charge on any atom is 0.239 e. The SMILES string of the molecule is CCCC(=O)NCC(=O)NC(CN)C1CC1. The summed E-state index contributed by atoms with van der Waals surface area (Å²) in [6.07, 6.45) is 3.55. The Hall–Kier alpha value is -1.10. The van der Waals surface area contributed by atoms with Crippen molar-refractivity contribution in [2.45, 2.75) is 38.6 Å². The third kappa shape index (κ3) is 4.61. The second-order valence-corrected chi connectivity index (χ2v) is 4.27. The number of hydrogen-bond donors (Lipinski definition) is 3. The zero-order valence-corrected chi connectivity index (χ0v) is 9.79. The fourth-order valence-corrected chi connectivity index (χ4v) is 1.62. The van der Waals surface area contributed by atoms with E-state index in [2.05, 4.69) is 10.6 Å². The second-order valence-electron chi connectivity index (χ2n) is 4.27. The molecule has 1 rings (SSSR count). The van der Waals surface area contributed by atoms with Gasteiger partial charge in [0.1, 0.15) is 0 Å². The van der Waals surface area contributed by atoms with Crippen LogP contribution in [0.15, 0.2) is 0 Å². The van der Waals surface area contributed by atoms with E-state index >= 15 is 0 Å². The van der Waals surface area contributed by atoms with Crippen molar-refractivity contribution in [2.24, 2.45) is 11.7 Å². The molecule has 0 bridgehead atoms. The summed E-state index contributed by atoms with van der Waals surface area (Å²) in [5.74, 6) is 0.320. The van der Waals surface area contributed by atoms with Gasteiger partial charge in [0.25, 0.3) is 0 Å². The molecule has 92 valence electrons. The van der Waals surface area contributed by atoms with Crippen molar-refractivity contribution >= 4 is 11.8 Å². The molecule has 1 aliphatic carbocycles. The average molecular weight is 227 g/mol. The average Bonchev–Trinajstić information content (AvgIpc) is 3.07. The molecule has 0 radical (unpaired) electrons. The molecule has 1 aliphatic rings. The molecule has 1 saturated carbocycles. The van der Waals surface area contributed by atoms with Crippen molar-refractivity contribution < 1.29 is 9.59 Å². The first-order valence-corrected chi connectivity index (χ1v) is 5.93. The predicted octanol–water partition coefficient (Wildman–Crippen LogP) is -0.244. The lowest BCUT2D eigenvalue weighted by atomic mass is 10.2. The van der Waals surface area contributed by atoms with Crippen LogP contribution in [-0.4, -0.2) is 30.9 Å². The number of hydrogen-bond acceptors (Lipinski definition) is 3. The van der Waals surface area contributed by atoms with Crippen molar-refractivity contribution in [1.82, 2.24) is 10.6 Å². The minimum absolute atomic E-state index is 0.0576. The number of amides is 2. The summed E-state index contributed by atoms with van der Waals surface area (Å²) in [6.45, 7) is 2.46. The molecule has 1 fully saturated rings. The largest absolute Gasteiger partial charge is 0.350 e. The highest BCUT2D eigenvalue weighted by Gasteiger charge is 2.31. The van der Waals surface area contributed by atoms with E-state index in [4.69, 9.17) is 5.73 Å². The number of nitrogens with two attached hydrogens (primary N) is 1. The van der Waals surface area contributed by atoms with E-state index in [1.54, 1.807) is 0 Å². The summed E-state index contributed by atoms with van der Waals surface area (Å²) < 4.78 is 0. The van der Waals surface area contributed by atoms with Crippen LogP contribution in [0.25, 0.3) is 0 Å². The van der Waals surface area contributed by atoms with E-state index in [0.717, 1.165) is 19.3 Å². The van der Waals surface area contributed by atoms with Gasteiger partial charge in [0.05, 0.1) is 6.54 Å². The molecule has 1 unspecified atom stereocenters. The van der Waals surface area contributed by atoms with Crippen molar-refractivity contribution in [3.63, 3.8) is 0 Å². The molecule has 0 aromatic carbocycles. The molecule has 0 spiro atoms. The van der Waals surface area contributed by atoms with Gasteiger partial charge in [-0.25, -0.2) is 0 Å². The molecule has 0 aliphatic heterocycles. The Balaban J connectivity index is 2.16. The molecule has 0 heterocycles.